The maximum atomic E-state index is 6.49. The number of furan rings is 2. The molecule has 0 aliphatic heterocycles. The second kappa shape index (κ2) is 11.9. The van der Waals surface area contributed by atoms with Crippen LogP contribution in [0.15, 0.2) is 185 Å². The maximum Gasteiger partial charge on any atom is 0.164 e. The van der Waals surface area contributed by atoms with Gasteiger partial charge in [0.25, 0.3) is 0 Å². The number of benzene rings is 9. The van der Waals surface area contributed by atoms with Crippen molar-refractivity contribution in [3.8, 4) is 45.3 Å². The van der Waals surface area contributed by atoms with Crippen LogP contribution in [-0.2, 0) is 0 Å². The van der Waals surface area contributed by atoms with Gasteiger partial charge < -0.3 is 8.83 Å². The number of hydrogen-bond donors (Lipinski definition) is 0. The first-order valence-electron chi connectivity index (χ1n) is 18.8. The molecule has 0 unspecified atom stereocenters. The zero-order valence-corrected chi connectivity index (χ0v) is 29.9. The molecule has 260 valence electrons. The summed E-state index contributed by atoms with van der Waals surface area (Å²) < 4.78 is 12.8. The van der Waals surface area contributed by atoms with E-state index in [1.807, 2.05) is 48.5 Å². The molecular formula is C51H29N3O2. The van der Waals surface area contributed by atoms with E-state index >= 15 is 0 Å². The van der Waals surface area contributed by atoms with Gasteiger partial charge in [-0.3, -0.25) is 0 Å². The van der Waals surface area contributed by atoms with Gasteiger partial charge in [-0.15, -0.1) is 0 Å². The van der Waals surface area contributed by atoms with Crippen LogP contribution in [0.2, 0.25) is 0 Å². The lowest BCUT2D eigenvalue weighted by Gasteiger charge is -2.14. The number of nitrogens with zero attached hydrogens (tertiary/aromatic N) is 3. The minimum absolute atomic E-state index is 0.565. The van der Waals surface area contributed by atoms with Crippen molar-refractivity contribution in [1.29, 1.82) is 0 Å². The Bertz CT molecular complexity index is 3530. The highest BCUT2D eigenvalue weighted by Crippen LogP contribution is 2.42. The third-order valence-electron chi connectivity index (χ3n) is 11.1. The van der Waals surface area contributed by atoms with Crippen LogP contribution in [0.1, 0.15) is 0 Å². The fraction of sp³-hybridized carbons (Fsp3) is 0. The molecule has 3 heterocycles. The van der Waals surface area contributed by atoms with Gasteiger partial charge in [0.1, 0.15) is 22.3 Å². The van der Waals surface area contributed by atoms with Crippen molar-refractivity contribution in [2.75, 3.05) is 0 Å². The molecular weight excluding hydrogens is 687 g/mol. The molecule has 12 rings (SSSR count). The molecule has 56 heavy (non-hydrogen) atoms. The number of fused-ring (bicyclic) bond motifs is 11. The number of hydrogen-bond acceptors (Lipinski definition) is 5. The van der Waals surface area contributed by atoms with E-state index in [0.717, 1.165) is 82.5 Å². The highest BCUT2D eigenvalue weighted by atomic mass is 16.3. The van der Waals surface area contributed by atoms with E-state index in [0.29, 0.717) is 17.5 Å². The van der Waals surface area contributed by atoms with Gasteiger partial charge in [0.05, 0.1) is 0 Å². The highest BCUT2D eigenvalue weighted by Gasteiger charge is 2.22. The van der Waals surface area contributed by atoms with Gasteiger partial charge in [-0.25, -0.2) is 15.0 Å². The Morgan fingerprint density at radius 1 is 0.286 bits per heavy atom. The van der Waals surface area contributed by atoms with E-state index in [1.165, 1.54) is 21.5 Å². The van der Waals surface area contributed by atoms with Crippen molar-refractivity contribution in [3.63, 3.8) is 0 Å². The molecule has 0 fully saturated rings. The molecule has 0 saturated carbocycles. The Balaban J connectivity index is 1.19. The van der Waals surface area contributed by atoms with Crippen molar-refractivity contribution < 1.29 is 8.83 Å². The lowest BCUT2D eigenvalue weighted by Crippen LogP contribution is -2.01. The lowest BCUT2D eigenvalue weighted by molar-refractivity contribution is 0.668. The predicted octanol–water partition coefficient (Wildman–Crippen LogP) is 13.8. The molecule has 9 aromatic carbocycles. The summed E-state index contributed by atoms with van der Waals surface area (Å²) in [6, 6.07) is 61.0. The van der Waals surface area contributed by atoms with Gasteiger partial charge in [-0.05, 0) is 79.8 Å². The fourth-order valence-corrected chi connectivity index (χ4v) is 8.58. The van der Waals surface area contributed by atoms with Gasteiger partial charge in [0.2, 0.25) is 0 Å². The molecule has 0 atom stereocenters. The molecule has 3 aromatic heterocycles. The average Bonchev–Trinajstić information content (AvgIpc) is 3.84. The third kappa shape index (κ3) is 4.64. The molecule has 0 radical (unpaired) electrons. The normalized spacial score (nSPS) is 11.9. The van der Waals surface area contributed by atoms with E-state index in [-0.39, 0.29) is 0 Å². The van der Waals surface area contributed by atoms with Crippen LogP contribution in [0.4, 0.5) is 0 Å². The summed E-state index contributed by atoms with van der Waals surface area (Å²) in [6.07, 6.45) is 0. The number of para-hydroxylation sites is 1. The lowest BCUT2D eigenvalue weighted by atomic mass is 9.92. The minimum Gasteiger partial charge on any atom is -0.456 e. The molecule has 12 aromatic rings. The van der Waals surface area contributed by atoms with Gasteiger partial charge in [-0.2, -0.15) is 0 Å². The first-order chi connectivity index (χ1) is 27.7. The monoisotopic (exact) mass is 715 g/mol. The van der Waals surface area contributed by atoms with Crippen LogP contribution in [0, 0.1) is 0 Å². The fourth-order valence-electron chi connectivity index (χ4n) is 8.58. The quantitative estimate of drug-likeness (QED) is 0.170. The standard InChI is InChI=1S/C51H29N3O2/c1-2-12-30(13-3-1)32-25-27-43-41(28-32)48-39(20-11-23-45(48)56-43)50-52-49(38-19-10-22-44-47(38)37-18-8-9-21-42(37)55-44)53-51(54-50)40-29-33-15-5-7-17-35(33)46-34-16-6-4-14-31(34)24-26-36(40)46/h1-29H. The molecule has 0 amide bonds. The summed E-state index contributed by atoms with van der Waals surface area (Å²) in [7, 11) is 0. The Morgan fingerprint density at radius 2 is 0.839 bits per heavy atom. The van der Waals surface area contributed by atoms with Crippen LogP contribution in [0.5, 0.6) is 0 Å². The van der Waals surface area contributed by atoms with Crippen molar-refractivity contribution in [1.82, 2.24) is 15.0 Å². The second-order valence-corrected chi connectivity index (χ2v) is 14.3. The zero-order chi connectivity index (χ0) is 36.7. The van der Waals surface area contributed by atoms with Crippen LogP contribution in [0.25, 0.3) is 121 Å². The molecule has 0 aliphatic carbocycles. The molecule has 0 N–H and O–H groups in total. The summed E-state index contributed by atoms with van der Waals surface area (Å²) in [4.78, 5) is 16.1. The molecule has 0 spiro atoms. The largest absolute Gasteiger partial charge is 0.456 e. The van der Waals surface area contributed by atoms with Gasteiger partial charge in [-0.1, -0.05) is 140 Å². The molecule has 0 saturated heterocycles. The van der Waals surface area contributed by atoms with E-state index in [2.05, 4.69) is 127 Å². The SMILES string of the molecule is c1ccc(-c2ccc3oc4cccc(-c5nc(-c6cc7ccccc7c7c6ccc6ccccc67)nc(-c6cccc7oc8ccccc8c67)n5)c4c3c2)cc1. The van der Waals surface area contributed by atoms with E-state index < -0.39 is 0 Å². The second-order valence-electron chi connectivity index (χ2n) is 14.3. The first kappa shape index (κ1) is 30.8. The van der Waals surface area contributed by atoms with Gasteiger partial charge >= 0.3 is 0 Å². The van der Waals surface area contributed by atoms with Crippen LogP contribution >= 0.6 is 0 Å². The summed E-state index contributed by atoms with van der Waals surface area (Å²) in [5.41, 5.74) is 8.13. The smallest absolute Gasteiger partial charge is 0.164 e. The Kier molecular flexibility index (Phi) is 6.56. The first-order valence-corrected chi connectivity index (χ1v) is 18.8. The van der Waals surface area contributed by atoms with Crippen molar-refractivity contribution in [3.05, 3.63) is 176 Å². The number of aromatic nitrogens is 3. The number of rotatable bonds is 4. The van der Waals surface area contributed by atoms with Crippen molar-refractivity contribution in [2.45, 2.75) is 0 Å². The maximum absolute atomic E-state index is 6.49. The molecule has 5 heteroatoms. The molecule has 0 bridgehead atoms. The van der Waals surface area contributed by atoms with E-state index in [9.17, 15) is 0 Å². The molecule has 0 aliphatic rings. The zero-order valence-electron chi connectivity index (χ0n) is 29.9. The predicted molar refractivity (Wildman–Crippen MR) is 229 cm³/mol. The van der Waals surface area contributed by atoms with Gasteiger partial charge in [0, 0.05) is 38.2 Å². The van der Waals surface area contributed by atoms with Gasteiger partial charge in [0.15, 0.2) is 17.5 Å². The Labute approximate surface area is 320 Å². The topological polar surface area (TPSA) is 65.0 Å². The van der Waals surface area contributed by atoms with Crippen LogP contribution in [-0.4, -0.2) is 15.0 Å². The Morgan fingerprint density at radius 3 is 1.57 bits per heavy atom. The third-order valence-corrected chi connectivity index (χ3v) is 11.1. The van der Waals surface area contributed by atoms with E-state index in [1.54, 1.807) is 0 Å². The summed E-state index contributed by atoms with van der Waals surface area (Å²) >= 11 is 0. The average molecular weight is 716 g/mol. The van der Waals surface area contributed by atoms with Crippen molar-refractivity contribution in [2.24, 2.45) is 0 Å². The Hall–Kier alpha value is -7.63. The van der Waals surface area contributed by atoms with Crippen molar-refractivity contribution >= 4 is 76.2 Å². The van der Waals surface area contributed by atoms with Crippen LogP contribution in [0.3, 0.4) is 0 Å². The highest BCUT2D eigenvalue weighted by molar-refractivity contribution is 6.24. The van der Waals surface area contributed by atoms with E-state index in [4.69, 9.17) is 23.8 Å². The molecule has 5 nitrogen and oxygen atoms in total. The summed E-state index contributed by atoms with van der Waals surface area (Å²) in [5, 5.41) is 10.9. The van der Waals surface area contributed by atoms with Crippen LogP contribution < -0.4 is 0 Å². The summed E-state index contributed by atoms with van der Waals surface area (Å²) in [5.74, 6) is 1.73. The minimum atomic E-state index is 0.565. The summed E-state index contributed by atoms with van der Waals surface area (Å²) in [6.45, 7) is 0.